The molecule has 7 nitrogen and oxygen atoms in total. The number of nitrogens with zero attached hydrogens (tertiary/aromatic N) is 1. The van der Waals surface area contributed by atoms with Crippen molar-refractivity contribution in [3.8, 4) is 5.75 Å². The summed E-state index contributed by atoms with van der Waals surface area (Å²) >= 11 is 1.22. The second-order valence-electron chi connectivity index (χ2n) is 7.34. The fraction of sp³-hybridized carbons (Fsp3) is 0.269. The van der Waals surface area contributed by atoms with E-state index in [0.29, 0.717) is 21.4 Å². The first-order valence-corrected chi connectivity index (χ1v) is 11.8. The predicted octanol–water partition coefficient (Wildman–Crippen LogP) is 2.71. The molecule has 0 aliphatic carbocycles. The minimum atomic E-state index is -0.512. The third-order valence-corrected chi connectivity index (χ3v) is 5.89. The van der Waals surface area contributed by atoms with Crippen molar-refractivity contribution >= 4 is 35.4 Å². The van der Waals surface area contributed by atoms with Crippen molar-refractivity contribution in [1.82, 2.24) is 4.57 Å². The third kappa shape index (κ3) is 6.45. The Morgan fingerprint density at radius 1 is 1.03 bits per heavy atom. The second kappa shape index (κ2) is 12.0. The van der Waals surface area contributed by atoms with E-state index in [1.54, 1.807) is 37.3 Å². The van der Waals surface area contributed by atoms with Crippen LogP contribution < -0.4 is 19.5 Å². The number of aromatic nitrogens is 1. The number of methoxy groups -OCH3 is 1. The molecule has 3 rings (SSSR count). The maximum atomic E-state index is 13.2. The van der Waals surface area contributed by atoms with Gasteiger partial charge in [-0.1, -0.05) is 31.2 Å². The maximum Gasteiger partial charge on any atom is 0.337 e. The molecule has 0 bridgehead atoms. The van der Waals surface area contributed by atoms with Gasteiger partial charge >= 0.3 is 11.9 Å². The zero-order valence-electron chi connectivity index (χ0n) is 19.4. The van der Waals surface area contributed by atoms with Crippen LogP contribution in [0.2, 0.25) is 0 Å². The van der Waals surface area contributed by atoms with Crippen LogP contribution in [0.3, 0.4) is 0 Å². The summed E-state index contributed by atoms with van der Waals surface area (Å²) in [6.07, 6.45) is 4.04. The highest BCUT2D eigenvalue weighted by Crippen LogP contribution is 2.13. The largest absolute Gasteiger partial charge is 0.494 e. The van der Waals surface area contributed by atoms with Gasteiger partial charge in [0.1, 0.15) is 10.4 Å². The summed E-state index contributed by atoms with van der Waals surface area (Å²) in [4.78, 5) is 37.0. The van der Waals surface area contributed by atoms with Crippen molar-refractivity contribution < 1.29 is 23.8 Å². The highest BCUT2D eigenvalue weighted by molar-refractivity contribution is 7.07. The van der Waals surface area contributed by atoms with Gasteiger partial charge < -0.3 is 14.2 Å². The lowest BCUT2D eigenvalue weighted by atomic mass is 10.1. The molecule has 0 saturated carbocycles. The van der Waals surface area contributed by atoms with E-state index in [0.717, 1.165) is 23.3 Å². The Hall–Kier alpha value is -3.65. The van der Waals surface area contributed by atoms with E-state index in [9.17, 15) is 14.4 Å². The minimum absolute atomic E-state index is 0.219. The van der Waals surface area contributed by atoms with E-state index in [4.69, 9.17) is 14.2 Å². The molecule has 0 unspecified atom stereocenters. The van der Waals surface area contributed by atoms with Gasteiger partial charge in [-0.25, -0.2) is 9.59 Å². The Balaban J connectivity index is 1.99. The molecule has 0 aliphatic heterocycles. The van der Waals surface area contributed by atoms with Crippen LogP contribution in [0, 0.1) is 0 Å². The maximum absolute atomic E-state index is 13.2. The Morgan fingerprint density at radius 3 is 2.35 bits per heavy atom. The number of carbonyl (C=O) groups is 2. The summed E-state index contributed by atoms with van der Waals surface area (Å²) in [6, 6.07) is 14.3. The van der Waals surface area contributed by atoms with Gasteiger partial charge in [-0.05, 0) is 54.8 Å². The topological polar surface area (TPSA) is 83.8 Å². The number of ether oxygens (including phenoxy) is 3. The van der Waals surface area contributed by atoms with Crippen LogP contribution in [-0.2, 0) is 20.8 Å². The smallest absolute Gasteiger partial charge is 0.337 e. The van der Waals surface area contributed by atoms with E-state index < -0.39 is 11.9 Å². The van der Waals surface area contributed by atoms with Gasteiger partial charge in [-0.3, -0.25) is 9.36 Å². The lowest BCUT2D eigenvalue weighted by Crippen LogP contribution is -2.32. The molecule has 1 heterocycles. The van der Waals surface area contributed by atoms with E-state index >= 15 is 0 Å². The van der Waals surface area contributed by atoms with Crippen LogP contribution in [0.15, 0.2) is 53.3 Å². The van der Waals surface area contributed by atoms with Gasteiger partial charge in [-0.2, -0.15) is 0 Å². The van der Waals surface area contributed by atoms with Gasteiger partial charge in [0.2, 0.25) is 0 Å². The number of thiazole rings is 1. The van der Waals surface area contributed by atoms with E-state index in [2.05, 4.69) is 0 Å². The minimum Gasteiger partial charge on any atom is -0.494 e. The van der Waals surface area contributed by atoms with Crippen molar-refractivity contribution in [3.05, 3.63) is 84.8 Å². The van der Waals surface area contributed by atoms with Crippen molar-refractivity contribution in [2.75, 3.05) is 20.3 Å². The van der Waals surface area contributed by atoms with Crippen molar-refractivity contribution in [2.24, 2.45) is 0 Å². The molecule has 0 radical (unpaired) electrons. The fourth-order valence-corrected chi connectivity index (χ4v) is 4.19. The normalized spacial score (nSPS) is 12.0. The molecule has 0 N–H and O–H groups in total. The average Bonchev–Trinajstić information content (AvgIpc) is 3.12. The number of rotatable bonds is 9. The van der Waals surface area contributed by atoms with Crippen LogP contribution in [0.25, 0.3) is 12.2 Å². The number of benzene rings is 2. The van der Waals surface area contributed by atoms with Crippen LogP contribution in [0.4, 0.5) is 0 Å². The second-order valence-corrected chi connectivity index (χ2v) is 8.40. The lowest BCUT2D eigenvalue weighted by Gasteiger charge is -2.05. The molecule has 0 amide bonds. The van der Waals surface area contributed by atoms with E-state index in [1.165, 1.54) is 29.1 Å². The van der Waals surface area contributed by atoms with Crippen LogP contribution in [-0.4, -0.2) is 36.8 Å². The predicted molar refractivity (Wildman–Crippen MR) is 132 cm³/mol. The lowest BCUT2D eigenvalue weighted by molar-refractivity contribution is -0.135. The quantitative estimate of drug-likeness (QED) is 0.437. The van der Waals surface area contributed by atoms with Crippen molar-refractivity contribution in [2.45, 2.75) is 26.8 Å². The molecule has 2 aromatic carbocycles. The molecule has 0 aliphatic rings. The first-order chi connectivity index (χ1) is 16.4. The number of hydrogen-bond donors (Lipinski definition) is 0. The molecule has 0 saturated heterocycles. The molecule has 0 atom stereocenters. The molecular weight excluding hydrogens is 454 g/mol. The Bertz CT molecular complexity index is 1300. The summed E-state index contributed by atoms with van der Waals surface area (Å²) in [7, 11) is 1.32. The molecule has 8 heteroatoms. The van der Waals surface area contributed by atoms with Crippen LogP contribution in [0.5, 0.6) is 5.75 Å². The van der Waals surface area contributed by atoms with Crippen molar-refractivity contribution in [1.29, 1.82) is 0 Å². The number of esters is 2. The summed E-state index contributed by atoms with van der Waals surface area (Å²) in [5.41, 5.74) is 1.85. The van der Waals surface area contributed by atoms with E-state index in [-0.39, 0.29) is 18.7 Å². The highest BCUT2D eigenvalue weighted by atomic mass is 32.1. The summed E-state index contributed by atoms with van der Waals surface area (Å²) in [5, 5.41) is 0. The molecule has 0 spiro atoms. The van der Waals surface area contributed by atoms with Crippen molar-refractivity contribution in [3.63, 3.8) is 0 Å². The van der Waals surface area contributed by atoms with Gasteiger partial charge in [-0.15, -0.1) is 11.3 Å². The summed E-state index contributed by atoms with van der Waals surface area (Å²) < 4.78 is 17.9. The van der Waals surface area contributed by atoms with Crippen LogP contribution in [0.1, 0.15) is 41.8 Å². The highest BCUT2D eigenvalue weighted by Gasteiger charge is 2.10. The molecule has 34 heavy (non-hydrogen) atoms. The fourth-order valence-electron chi connectivity index (χ4n) is 3.16. The first-order valence-electron chi connectivity index (χ1n) is 10.9. The average molecular weight is 482 g/mol. The first kappa shape index (κ1) is 25.0. The van der Waals surface area contributed by atoms with E-state index in [1.807, 2.05) is 31.2 Å². The Kier molecular flexibility index (Phi) is 8.81. The third-order valence-electron chi connectivity index (χ3n) is 4.83. The van der Waals surface area contributed by atoms with Gasteiger partial charge in [0.15, 0.2) is 0 Å². The van der Waals surface area contributed by atoms with Gasteiger partial charge in [0.05, 0.1) is 43.0 Å². The molecule has 3 aromatic rings. The monoisotopic (exact) mass is 481 g/mol. The zero-order valence-corrected chi connectivity index (χ0v) is 20.2. The molecule has 1 aromatic heterocycles. The molecular formula is C26H27NO6S. The molecule has 178 valence electrons. The van der Waals surface area contributed by atoms with Crippen LogP contribution >= 0.6 is 11.3 Å². The van der Waals surface area contributed by atoms with Gasteiger partial charge in [0, 0.05) is 0 Å². The Labute approximate surface area is 201 Å². The summed E-state index contributed by atoms with van der Waals surface area (Å²) in [5.74, 6) is -0.171. The zero-order chi connectivity index (χ0) is 24.5. The molecule has 0 fully saturated rings. The van der Waals surface area contributed by atoms with Gasteiger partial charge in [0.25, 0.3) is 5.56 Å². The Morgan fingerprint density at radius 2 is 1.74 bits per heavy atom. The standard InChI is InChI=1S/C26H27NO6S/c1-4-14-33-21-12-8-18(9-13-21)15-22-25(29)27(23(34-22)16-24(28)32-5-2)17-19-6-10-20(11-7-19)26(30)31-3/h6-13,15-16H,4-5,14,17H2,1-3H3/b22-15-,23-16-. The SMILES string of the molecule is CCCOc1ccc(/C=c2\s/c(=C\C(=O)OCC)n(Cc3ccc(C(=O)OC)cc3)c2=O)cc1. The summed E-state index contributed by atoms with van der Waals surface area (Å²) in [6.45, 7) is 4.89. The number of carbonyl (C=O) groups excluding carboxylic acids is 2. The number of hydrogen-bond acceptors (Lipinski definition) is 7.